The Morgan fingerprint density at radius 2 is 1.48 bits per heavy atom. The maximum Gasteiger partial charge on any atom is 0.511 e. The first-order valence-electron chi connectivity index (χ1n) is 13.9. The molecule has 7 nitrogen and oxygen atoms in total. The third-order valence-corrected chi connectivity index (χ3v) is 9.67. The fourth-order valence-corrected chi connectivity index (χ4v) is 6.55. The molecular formula is C31H30Cl2F3N3O4S. The maximum absolute atomic E-state index is 13.1. The Kier molecular flexibility index (Phi) is 9.91. The quantitative estimate of drug-likeness (QED) is 0.140. The Morgan fingerprint density at radius 1 is 0.909 bits per heavy atom. The molecule has 0 saturated carbocycles. The van der Waals surface area contributed by atoms with Crippen LogP contribution in [0.1, 0.15) is 35.4 Å². The molecule has 5 rings (SSSR count). The fourth-order valence-electron chi connectivity index (χ4n) is 5.32. The number of hydrogen-bond donors (Lipinski definition) is 1. The highest BCUT2D eigenvalue weighted by atomic mass is 35.5. The zero-order chi connectivity index (χ0) is 31.5. The number of nitrogens with zero attached hydrogens (tertiary/aromatic N) is 2. The summed E-state index contributed by atoms with van der Waals surface area (Å²) in [5.41, 5.74) is -1.02. The summed E-state index contributed by atoms with van der Waals surface area (Å²) < 4.78 is 74.6. The van der Waals surface area contributed by atoms with Crippen molar-refractivity contribution in [2.24, 2.45) is 0 Å². The Balaban J connectivity index is 1.51. The lowest BCUT2D eigenvalue weighted by atomic mass is 9.84. The molecule has 0 unspecified atom stereocenters. The van der Waals surface area contributed by atoms with Crippen molar-refractivity contribution in [2.75, 3.05) is 38.7 Å². The number of pyridine rings is 1. The first kappa shape index (κ1) is 32.3. The monoisotopic (exact) mass is 667 g/mol. The number of alkyl halides is 3. The number of rotatable bonds is 10. The van der Waals surface area contributed by atoms with Crippen LogP contribution in [-0.2, 0) is 14.8 Å². The van der Waals surface area contributed by atoms with E-state index in [1.807, 2.05) is 66.7 Å². The average Bonchev–Trinajstić information content (AvgIpc) is 2.99. The van der Waals surface area contributed by atoms with Crippen LogP contribution in [0.2, 0.25) is 10.0 Å². The van der Waals surface area contributed by atoms with Crippen LogP contribution in [0.5, 0.6) is 5.88 Å². The molecule has 1 fully saturated rings. The molecule has 44 heavy (non-hydrogen) atoms. The number of nitrogens with one attached hydrogen (secondary N) is 1. The van der Waals surface area contributed by atoms with Crippen LogP contribution >= 0.6 is 23.2 Å². The van der Waals surface area contributed by atoms with E-state index in [0.29, 0.717) is 38.0 Å². The number of ether oxygens (including phenoxy) is 2. The van der Waals surface area contributed by atoms with Crippen molar-refractivity contribution in [3.8, 4) is 5.88 Å². The van der Waals surface area contributed by atoms with Gasteiger partial charge in [0.2, 0.25) is 5.88 Å². The van der Waals surface area contributed by atoms with Crippen LogP contribution < -0.4 is 10.1 Å². The predicted octanol–water partition coefficient (Wildman–Crippen LogP) is 7.47. The van der Waals surface area contributed by atoms with Gasteiger partial charge in [0.1, 0.15) is 6.61 Å². The topological polar surface area (TPSA) is 80.8 Å². The van der Waals surface area contributed by atoms with Crippen LogP contribution in [0.3, 0.4) is 0 Å². The summed E-state index contributed by atoms with van der Waals surface area (Å²) in [4.78, 5) is 4.68. The molecule has 13 heteroatoms. The van der Waals surface area contributed by atoms with E-state index in [0.717, 1.165) is 22.1 Å². The lowest BCUT2D eigenvalue weighted by molar-refractivity contribution is -0.0494. The van der Waals surface area contributed by atoms with Gasteiger partial charge in [-0.25, -0.2) is 13.4 Å². The highest BCUT2D eigenvalue weighted by Crippen LogP contribution is 2.37. The molecule has 0 amide bonds. The summed E-state index contributed by atoms with van der Waals surface area (Å²) in [6.07, 6.45) is 0.383. The molecule has 0 radical (unpaired) electrons. The number of benzene rings is 3. The maximum atomic E-state index is 13.1. The first-order chi connectivity index (χ1) is 21.0. The molecule has 0 bridgehead atoms. The van der Waals surface area contributed by atoms with E-state index < -0.39 is 15.5 Å². The van der Waals surface area contributed by atoms with Gasteiger partial charge in [0.15, 0.2) is 0 Å². The second-order valence-electron chi connectivity index (χ2n) is 10.4. The SMILES string of the molecule is COCCOc1cc(NC2CCN(S(=O)(=O)C(F)(F)F)CC2)c2cc(C(c3ccc(Cl)cc3)c3ccc(Cl)cc3)ccc2n1. The molecular weight excluding hydrogens is 638 g/mol. The van der Waals surface area contributed by atoms with Crippen molar-refractivity contribution >= 4 is 49.8 Å². The van der Waals surface area contributed by atoms with E-state index >= 15 is 0 Å². The summed E-state index contributed by atoms with van der Waals surface area (Å²) in [5, 5.41) is 5.45. The van der Waals surface area contributed by atoms with Gasteiger partial charge in [-0.2, -0.15) is 17.5 Å². The minimum Gasteiger partial charge on any atom is -0.475 e. The molecule has 1 aromatic heterocycles. The molecule has 0 atom stereocenters. The van der Waals surface area contributed by atoms with Crippen molar-refractivity contribution in [3.63, 3.8) is 0 Å². The normalized spacial score (nSPS) is 15.2. The van der Waals surface area contributed by atoms with Gasteiger partial charge in [0.05, 0.1) is 12.1 Å². The van der Waals surface area contributed by atoms with Gasteiger partial charge in [0, 0.05) is 59.3 Å². The second kappa shape index (κ2) is 13.5. The number of halogens is 5. The number of piperidine rings is 1. The summed E-state index contributed by atoms with van der Waals surface area (Å²) in [6.45, 7) is 0.132. The molecule has 1 aliphatic rings. The van der Waals surface area contributed by atoms with E-state index in [1.54, 1.807) is 13.2 Å². The zero-order valence-corrected chi connectivity index (χ0v) is 26.0. The van der Waals surface area contributed by atoms with Crippen LogP contribution in [-0.4, -0.2) is 62.7 Å². The lowest BCUT2D eigenvalue weighted by Gasteiger charge is -2.32. The van der Waals surface area contributed by atoms with Crippen LogP contribution in [0.4, 0.5) is 18.9 Å². The van der Waals surface area contributed by atoms with Gasteiger partial charge in [-0.05, 0) is 65.9 Å². The Morgan fingerprint density at radius 3 is 2.02 bits per heavy atom. The first-order valence-corrected chi connectivity index (χ1v) is 16.1. The fraction of sp³-hybridized carbons (Fsp3) is 0.323. The molecule has 1 saturated heterocycles. The molecule has 2 heterocycles. The molecule has 1 N–H and O–H groups in total. The van der Waals surface area contributed by atoms with Gasteiger partial charge in [-0.1, -0.05) is 53.5 Å². The van der Waals surface area contributed by atoms with Crippen LogP contribution in [0.25, 0.3) is 10.9 Å². The predicted molar refractivity (Wildman–Crippen MR) is 166 cm³/mol. The van der Waals surface area contributed by atoms with Crippen LogP contribution in [0, 0.1) is 0 Å². The standard InChI is InChI=1S/C31H30Cl2F3N3O4S/c1-42-16-17-43-29-19-28(37-25-12-14-39(15-13-25)44(40,41)31(34,35)36)26-18-22(6-11-27(26)38-29)30(20-2-7-23(32)8-3-20)21-4-9-24(33)10-5-21/h2-11,18-19,25,30H,12-17H2,1H3,(H,37,38). The van der Waals surface area contributed by atoms with E-state index in [4.69, 9.17) is 32.7 Å². The number of sulfonamides is 1. The summed E-state index contributed by atoms with van der Waals surface area (Å²) in [5.74, 6) is 0.184. The molecule has 234 valence electrons. The highest BCUT2D eigenvalue weighted by Gasteiger charge is 2.50. The molecule has 4 aromatic rings. The lowest BCUT2D eigenvalue weighted by Crippen LogP contribution is -2.47. The highest BCUT2D eigenvalue weighted by molar-refractivity contribution is 7.90. The van der Waals surface area contributed by atoms with E-state index in [1.165, 1.54) is 0 Å². The second-order valence-corrected chi connectivity index (χ2v) is 13.2. The van der Waals surface area contributed by atoms with Crippen molar-refractivity contribution in [3.05, 3.63) is 99.5 Å². The van der Waals surface area contributed by atoms with Crippen molar-refractivity contribution in [1.82, 2.24) is 9.29 Å². The van der Waals surface area contributed by atoms with E-state index in [2.05, 4.69) is 10.3 Å². The van der Waals surface area contributed by atoms with Crippen molar-refractivity contribution < 1.29 is 31.1 Å². The van der Waals surface area contributed by atoms with Crippen molar-refractivity contribution in [1.29, 1.82) is 0 Å². The molecule has 0 spiro atoms. The van der Waals surface area contributed by atoms with Crippen molar-refractivity contribution in [2.45, 2.75) is 30.3 Å². The Bertz CT molecular complexity index is 1650. The van der Waals surface area contributed by atoms with Gasteiger partial charge in [-0.15, -0.1) is 0 Å². The summed E-state index contributed by atoms with van der Waals surface area (Å²) in [7, 11) is -3.81. The minimum absolute atomic E-state index is 0.171. The van der Waals surface area contributed by atoms with Gasteiger partial charge in [0.25, 0.3) is 0 Å². The molecule has 0 aliphatic carbocycles. The number of aromatic nitrogens is 1. The molecule has 1 aliphatic heterocycles. The number of anilines is 1. The summed E-state index contributed by atoms with van der Waals surface area (Å²) in [6, 6.07) is 22.6. The van der Waals surface area contributed by atoms with Crippen LogP contribution in [0.15, 0.2) is 72.8 Å². The van der Waals surface area contributed by atoms with E-state index in [9.17, 15) is 21.6 Å². The number of fused-ring (bicyclic) bond motifs is 1. The Labute approximate surface area is 263 Å². The third kappa shape index (κ3) is 7.24. The Hall–Kier alpha value is -3.09. The third-order valence-electron chi connectivity index (χ3n) is 7.53. The average molecular weight is 669 g/mol. The van der Waals surface area contributed by atoms with Gasteiger partial charge < -0.3 is 14.8 Å². The van der Waals surface area contributed by atoms with E-state index in [-0.39, 0.29) is 44.5 Å². The number of hydrogen-bond acceptors (Lipinski definition) is 6. The smallest absolute Gasteiger partial charge is 0.475 e. The summed E-state index contributed by atoms with van der Waals surface area (Å²) >= 11 is 12.4. The zero-order valence-electron chi connectivity index (χ0n) is 23.7. The number of methoxy groups -OCH3 is 1. The van der Waals surface area contributed by atoms with Gasteiger partial charge in [-0.3, -0.25) is 0 Å². The minimum atomic E-state index is -5.38. The van der Waals surface area contributed by atoms with Gasteiger partial charge >= 0.3 is 15.5 Å². The molecule has 3 aromatic carbocycles. The largest absolute Gasteiger partial charge is 0.511 e.